The fraction of sp³-hybridized carbons (Fsp3) is 0.755. The van der Waals surface area contributed by atoms with Gasteiger partial charge in [0.2, 0.25) is 0 Å². The maximum Gasteiger partial charge on any atom is 0.306 e. The second-order valence-electron chi connectivity index (χ2n) is 16.4. The van der Waals surface area contributed by atoms with E-state index in [2.05, 4.69) is 81.5 Å². The predicted molar refractivity (Wildman–Crippen MR) is 251 cm³/mol. The number of carbonyl (C=O) groups excluding carboxylic acids is 3. The molecule has 0 bridgehead atoms. The van der Waals surface area contributed by atoms with Gasteiger partial charge >= 0.3 is 17.9 Å². The lowest BCUT2D eigenvalue weighted by molar-refractivity contribution is -0.167. The summed E-state index contributed by atoms with van der Waals surface area (Å²) in [6.07, 6.45) is 57.7. The van der Waals surface area contributed by atoms with E-state index in [-0.39, 0.29) is 31.1 Å². The fourth-order valence-corrected chi connectivity index (χ4v) is 6.78. The van der Waals surface area contributed by atoms with Gasteiger partial charge in [-0.1, -0.05) is 191 Å². The molecule has 340 valence electrons. The number of allylic oxidation sites excluding steroid dienone is 10. The number of esters is 3. The highest BCUT2D eigenvalue weighted by Gasteiger charge is 2.19. The van der Waals surface area contributed by atoms with Gasteiger partial charge in [-0.25, -0.2) is 0 Å². The average molecular weight is 825 g/mol. The molecule has 1 atom stereocenters. The first-order chi connectivity index (χ1) is 29.0. The van der Waals surface area contributed by atoms with Crippen LogP contribution in [0, 0.1) is 0 Å². The molecule has 0 saturated heterocycles. The first-order valence-electron chi connectivity index (χ1n) is 24.8. The summed E-state index contributed by atoms with van der Waals surface area (Å²) in [6.45, 7) is 6.45. The molecular formula is C53H92O6. The topological polar surface area (TPSA) is 78.9 Å². The van der Waals surface area contributed by atoms with Gasteiger partial charge < -0.3 is 14.2 Å². The highest BCUT2D eigenvalue weighted by Crippen LogP contribution is 2.14. The molecule has 0 fully saturated rings. The SMILES string of the molecule is CC\C=C/C=C\C=C/CCCCCCCCCC(=O)OCC(COC(=O)CCCCCCC/C=C\CCCCC)OC(=O)CCCCC/C=C\CCCCCCCCC. The normalized spacial score (nSPS) is 12.5. The molecule has 0 spiro atoms. The molecule has 0 aliphatic heterocycles. The van der Waals surface area contributed by atoms with E-state index in [9.17, 15) is 14.4 Å². The minimum Gasteiger partial charge on any atom is -0.462 e. The summed E-state index contributed by atoms with van der Waals surface area (Å²) < 4.78 is 16.7. The summed E-state index contributed by atoms with van der Waals surface area (Å²) in [5.41, 5.74) is 0. The Morgan fingerprint density at radius 1 is 0.356 bits per heavy atom. The quantitative estimate of drug-likeness (QED) is 0.0200. The van der Waals surface area contributed by atoms with Crippen LogP contribution in [-0.2, 0) is 28.6 Å². The zero-order valence-electron chi connectivity index (χ0n) is 38.8. The smallest absolute Gasteiger partial charge is 0.306 e. The lowest BCUT2D eigenvalue weighted by Gasteiger charge is -2.18. The van der Waals surface area contributed by atoms with Crippen LogP contribution in [0.1, 0.15) is 239 Å². The third-order valence-electron chi connectivity index (χ3n) is 10.5. The largest absolute Gasteiger partial charge is 0.462 e. The summed E-state index contributed by atoms with van der Waals surface area (Å²) in [6, 6.07) is 0. The van der Waals surface area contributed by atoms with Crippen LogP contribution >= 0.6 is 0 Å². The van der Waals surface area contributed by atoms with E-state index >= 15 is 0 Å². The van der Waals surface area contributed by atoms with Crippen LogP contribution in [0.5, 0.6) is 0 Å². The van der Waals surface area contributed by atoms with Crippen molar-refractivity contribution >= 4 is 17.9 Å². The van der Waals surface area contributed by atoms with Crippen LogP contribution in [0.25, 0.3) is 0 Å². The summed E-state index contributed by atoms with van der Waals surface area (Å²) in [5, 5.41) is 0. The molecule has 0 N–H and O–H groups in total. The third kappa shape index (κ3) is 46.0. The Balaban J connectivity index is 4.42. The molecule has 59 heavy (non-hydrogen) atoms. The third-order valence-corrected chi connectivity index (χ3v) is 10.5. The summed E-state index contributed by atoms with van der Waals surface area (Å²) in [5.74, 6) is -0.924. The molecular weight excluding hydrogens is 733 g/mol. The number of hydrogen-bond donors (Lipinski definition) is 0. The van der Waals surface area contributed by atoms with Crippen molar-refractivity contribution in [3.8, 4) is 0 Å². The van der Waals surface area contributed by atoms with E-state index in [1.165, 1.54) is 109 Å². The van der Waals surface area contributed by atoms with E-state index in [1.54, 1.807) is 0 Å². The van der Waals surface area contributed by atoms with E-state index in [0.717, 1.165) is 89.9 Å². The van der Waals surface area contributed by atoms with Gasteiger partial charge in [0.1, 0.15) is 13.2 Å². The maximum absolute atomic E-state index is 12.8. The highest BCUT2D eigenvalue weighted by molar-refractivity contribution is 5.71. The molecule has 0 aromatic heterocycles. The van der Waals surface area contributed by atoms with Gasteiger partial charge in [0.15, 0.2) is 6.10 Å². The predicted octanol–water partition coefficient (Wildman–Crippen LogP) is 16.1. The van der Waals surface area contributed by atoms with Gasteiger partial charge in [-0.2, -0.15) is 0 Å². The zero-order chi connectivity index (χ0) is 43.0. The van der Waals surface area contributed by atoms with Crippen LogP contribution in [-0.4, -0.2) is 37.2 Å². The fourth-order valence-electron chi connectivity index (χ4n) is 6.78. The summed E-state index contributed by atoms with van der Waals surface area (Å²) in [4.78, 5) is 37.9. The first-order valence-corrected chi connectivity index (χ1v) is 24.8. The van der Waals surface area contributed by atoms with Crippen molar-refractivity contribution in [1.82, 2.24) is 0 Å². The molecule has 0 rings (SSSR count). The molecule has 0 aromatic carbocycles. The molecule has 1 unspecified atom stereocenters. The minimum atomic E-state index is -0.788. The molecule has 6 heteroatoms. The van der Waals surface area contributed by atoms with Crippen LogP contribution in [0.2, 0.25) is 0 Å². The van der Waals surface area contributed by atoms with Gasteiger partial charge in [-0.3, -0.25) is 14.4 Å². The number of unbranched alkanes of at least 4 members (excludes halogenated alkanes) is 25. The minimum absolute atomic E-state index is 0.0885. The van der Waals surface area contributed by atoms with Crippen molar-refractivity contribution in [1.29, 1.82) is 0 Å². The Bertz CT molecular complexity index is 1090. The molecule has 0 saturated carbocycles. The molecule has 0 aliphatic rings. The van der Waals surface area contributed by atoms with Gasteiger partial charge in [-0.05, 0) is 89.9 Å². The van der Waals surface area contributed by atoms with Crippen molar-refractivity contribution in [2.24, 2.45) is 0 Å². The number of carbonyl (C=O) groups is 3. The van der Waals surface area contributed by atoms with Crippen LogP contribution in [0.3, 0.4) is 0 Å². The number of hydrogen-bond acceptors (Lipinski definition) is 6. The number of ether oxygens (including phenoxy) is 3. The van der Waals surface area contributed by atoms with Crippen LogP contribution < -0.4 is 0 Å². The maximum atomic E-state index is 12.8. The second kappa shape index (κ2) is 47.8. The van der Waals surface area contributed by atoms with E-state index < -0.39 is 6.10 Å². The van der Waals surface area contributed by atoms with E-state index in [4.69, 9.17) is 14.2 Å². The number of rotatable bonds is 44. The summed E-state index contributed by atoms with van der Waals surface area (Å²) in [7, 11) is 0. The van der Waals surface area contributed by atoms with Gasteiger partial charge in [-0.15, -0.1) is 0 Å². The first kappa shape index (κ1) is 56.1. The lowest BCUT2D eigenvalue weighted by atomic mass is 10.1. The Labute approximate surface area is 364 Å². The van der Waals surface area contributed by atoms with Crippen molar-refractivity contribution in [3.05, 3.63) is 60.8 Å². The molecule has 0 aromatic rings. The lowest BCUT2D eigenvalue weighted by Crippen LogP contribution is -2.30. The van der Waals surface area contributed by atoms with Crippen molar-refractivity contribution in [3.63, 3.8) is 0 Å². The molecule has 0 aliphatic carbocycles. The van der Waals surface area contributed by atoms with Crippen molar-refractivity contribution < 1.29 is 28.6 Å². The van der Waals surface area contributed by atoms with E-state index in [0.29, 0.717) is 19.3 Å². The van der Waals surface area contributed by atoms with Crippen LogP contribution in [0.4, 0.5) is 0 Å². The van der Waals surface area contributed by atoms with Crippen LogP contribution in [0.15, 0.2) is 60.8 Å². The van der Waals surface area contributed by atoms with Gasteiger partial charge in [0, 0.05) is 19.3 Å². The molecule has 0 amide bonds. The molecule has 6 nitrogen and oxygen atoms in total. The van der Waals surface area contributed by atoms with E-state index in [1.807, 2.05) is 0 Å². The second-order valence-corrected chi connectivity index (χ2v) is 16.4. The zero-order valence-corrected chi connectivity index (χ0v) is 38.8. The summed E-state index contributed by atoms with van der Waals surface area (Å²) >= 11 is 0. The standard InChI is InChI=1S/C53H92O6/c1-4-7-10-13-16-19-22-25-27-29-31-34-37-40-43-46-52(55)58-49-50(48-57-51(54)45-42-39-36-33-30-24-21-18-15-12-9-6-3)59-53(56)47-44-41-38-35-32-28-26-23-20-17-14-11-8-5-2/h7,10,13,16,18-19,21-22,28,32,50H,4-6,8-9,11-12,14-15,17,20,23-27,29-31,33-49H2,1-3H3/b10-7-,16-13-,21-18-,22-19-,32-28-. The molecule has 0 radical (unpaired) electrons. The molecule has 0 heterocycles. The Morgan fingerprint density at radius 2 is 0.678 bits per heavy atom. The van der Waals surface area contributed by atoms with Gasteiger partial charge in [0.05, 0.1) is 0 Å². The van der Waals surface area contributed by atoms with Crippen molar-refractivity contribution in [2.75, 3.05) is 13.2 Å². The highest BCUT2D eigenvalue weighted by atomic mass is 16.6. The van der Waals surface area contributed by atoms with Gasteiger partial charge in [0.25, 0.3) is 0 Å². The monoisotopic (exact) mass is 825 g/mol. The Morgan fingerprint density at radius 3 is 1.12 bits per heavy atom. The van der Waals surface area contributed by atoms with Crippen molar-refractivity contribution in [2.45, 2.75) is 245 Å². The Kier molecular flexibility index (Phi) is 45.4. The Hall–Kier alpha value is -2.89. The average Bonchev–Trinajstić information content (AvgIpc) is 3.23.